The standard InChI is InChI=1S/C11H10F2O2/c1-15-11(14)10-5-9(10)6-2-7(12)4-8(13)3-6/h2-4,9-10H,5H2,1H3/t9-,10+/m0/s1. The molecule has 0 saturated heterocycles. The van der Waals surface area contributed by atoms with Crippen LogP contribution in [0.5, 0.6) is 0 Å². The third-order valence-electron chi connectivity index (χ3n) is 2.61. The molecule has 1 saturated carbocycles. The van der Waals surface area contributed by atoms with Crippen molar-refractivity contribution in [3.63, 3.8) is 0 Å². The van der Waals surface area contributed by atoms with Crippen LogP contribution in [0.25, 0.3) is 0 Å². The van der Waals surface area contributed by atoms with Gasteiger partial charge in [-0.15, -0.1) is 0 Å². The van der Waals surface area contributed by atoms with Crippen molar-refractivity contribution in [3.8, 4) is 0 Å². The lowest BCUT2D eigenvalue weighted by Crippen LogP contribution is -2.04. The van der Waals surface area contributed by atoms with Gasteiger partial charge in [0.05, 0.1) is 13.0 Å². The van der Waals surface area contributed by atoms with Crippen molar-refractivity contribution in [1.29, 1.82) is 0 Å². The number of halogens is 2. The number of rotatable bonds is 2. The Labute approximate surface area is 85.9 Å². The van der Waals surface area contributed by atoms with Crippen LogP contribution < -0.4 is 0 Å². The van der Waals surface area contributed by atoms with Gasteiger partial charge >= 0.3 is 5.97 Å². The summed E-state index contributed by atoms with van der Waals surface area (Å²) in [5.74, 6) is -1.87. The van der Waals surface area contributed by atoms with Crippen LogP contribution >= 0.6 is 0 Å². The molecule has 1 fully saturated rings. The van der Waals surface area contributed by atoms with Gasteiger partial charge in [-0.25, -0.2) is 8.78 Å². The second-order valence-electron chi connectivity index (χ2n) is 3.67. The van der Waals surface area contributed by atoms with Crippen LogP contribution in [0.2, 0.25) is 0 Å². The van der Waals surface area contributed by atoms with Gasteiger partial charge in [-0.2, -0.15) is 0 Å². The Morgan fingerprint density at radius 2 is 1.93 bits per heavy atom. The van der Waals surface area contributed by atoms with E-state index in [2.05, 4.69) is 4.74 Å². The molecule has 1 aliphatic rings. The number of methoxy groups -OCH3 is 1. The van der Waals surface area contributed by atoms with E-state index in [0.29, 0.717) is 12.0 Å². The van der Waals surface area contributed by atoms with E-state index in [-0.39, 0.29) is 17.8 Å². The van der Waals surface area contributed by atoms with Crippen LogP contribution in [0.15, 0.2) is 18.2 Å². The highest BCUT2D eigenvalue weighted by Crippen LogP contribution is 2.48. The summed E-state index contributed by atoms with van der Waals surface area (Å²) in [5.41, 5.74) is 0.530. The van der Waals surface area contributed by atoms with Crippen LogP contribution in [0, 0.1) is 17.6 Å². The summed E-state index contributed by atoms with van der Waals surface area (Å²) in [6.07, 6.45) is 0.607. The van der Waals surface area contributed by atoms with Gasteiger partial charge in [-0.1, -0.05) is 0 Å². The van der Waals surface area contributed by atoms with Crippen LogP contribution in [0.3, 0.4) is 0 Å². The number of hydrogen-bond acceptors (Lipinski definition) is 2. The molecular formula is C11H10F2O2. The van der Waals surface area contributed by atoms with Crippen LogP contribution in [0.4, 0.5) is 8.78 Å². The Hall–Kier alpha value is -1.45. The van der Waals surface area contributed by atoms with Crippen LogP contribution in [-0.4, -0.2) is 13.1 Å². The van der Waals surface area contributed by atoms with E-state index in [1.54, 1.807) is 0 Å². The summed E-state index contributed by atoms with van der Waals surface area (Å²) >= 11 is 0. The fraction of sp³-hybridized carbons (Fsp3) is 0.364. The highest BCUT2D eigenvalue weighted by atomic mass is 19.1. The molecule has 1 aliphatic carbocycles. The smallest absolute Gasteiger partial charge is 0.309 e. The van der Waals surface area contributed by atoms with Gasteiger partial charge < -0.3 is 4.74 Å². The largest absolute Gasteiger partial charge is 0.469 e. The molecule has 0 heterocycles. The molecule has 0 amide bonds. The Balaban J connectivity index is 2.16. The SMILES string of the molecule is COC(=O)[C@@H]1C[C@H]1c1cc(F)cc(F)c1. The number of benzene rings is 1. The molecule has 1 aromatic carbocycles. The summed E-state index contributed by atoms with van der Waals surface area (Å²) in [5, 5.41) is 0. The van der Waals surface area contributed by atoms with E-state index in [4.69, 9.17) is 0 Å². The fourth-order valence-corrected chi connectivity index (χ4v) is 1.76. The quantitative estimate of drug-likeness (QED) is 0.703. The molecule has 0 spiro atoms. The minimum absolute atomic E-state index is 0.0948. The molecule has 2 nitrogen and oxygen atoms in total. The average Bonchev–Trinajstić information content (AvgIpc) is 2.94. The first-order valence-corrected chi connectivity index (χ1v) is 4.65. The van der Waals surface area contributed by atoms with Crippen LogP contribution in [0.1, 0.15) is 17.9 Å². The Bertz CT molecular complexity index is 383. The van der Waals surface area contributed by atoms with E-state index in [1.165, 1.54) is 19.2 Å². The maximum Gasteiger partial charge on any atom is 0.309 e. The average molecular weight is 212 g/mol. The zero-order valence-corrected chi connectivity index (χ0v) is 8.17. The number of hydrogen-bond donors (Lipinski definition) is 0. The first kappa shape index (κ1) is 10.1. The lowest BCUT2D eigenvalue weighted by molar-refractivity contribution is -0.142. The topological polar surface area (TPSA) is 26.3 Å². The van der Waals surface area contributed by atoms with Gasteiger partial charge in [-0.3, -0.25) is 4.79 Å². The summed E-state index contributed by atoms with van der Waals surface area (Å²) in [4.78, 5) is 11.1. The first-order valence-electron chi connectivity index (χ1n) is 4.65. The second-order valence-corrected chi connectivity index (χ2v) is 3.67. The van der Waals surface area contributed by atoms with E-state index in [9.17, 15) is 13.6 Å². The van der Waals surface area contributed by atoms with Crippen molar-refractivity contribution in [3.05, 3.63) is 35.4 Å². The third kappa shape index (κ3) is 1.98. The van der Waals surface area contributed by atoms with Crippen molar-refractivity contribution in [1.82, 2.24) is 0 Å². The van der Waals surface area contributed by atoms with Gasteiger partial charge in [0.1, 0.15) is 11.6 Å². The van der Waals surface area contributed by atoms with Gasteiger partial charge in [0, 0.05) is 6.07 Å². The highest BCUT2D eigenvalue weighted by Gasteiger charge is 2.45. The Morgan fingerprint density at radius 1 is 1.33 bits per heavy atom. The molecule has 2 atom stereocenters. The predicted octanol–water partition coefficient (Wildman–Crippen LogP) is 2.24. The van der Waals surface area contributed by atoms with Crippen LogP contribution in [-0.2, 0) is 9.53 Å². The zero-order valence-electron chi connectivity index (χ0n) is 8.17. The molecule has 4 heteroatoms. The number of esters is 1. The third-order valence-corrected chi connectivity index (χ3v) is 2.61. The molecule has 0 aromatic heterocycles. The maximum atomic E-state index is 12.9. The molecule has 0 unspecified atom stereocenters. The first-order chi connectivity index (χ1) is 7.11. The summed E-state index contributed by atoms with van der Waals surface area (Å²) < 4.78 is 30.3. The monoisotopic (exact) mass is 212 g/mol. The number of carbonyl (C=O) groups is 1. The maximum absolute atomic E-state index is 12.9. The van der Waals surface area contributed by atoms with E-state index in [1.807, 2.05) is 0 Å². The minimum Gasteiger partial charge on any atom is -0.469 e. The normalized spacial score (nSPS) is 23.7. The molecule has 0 radical (unpaired) electrons. The van der Waals surface area contributed by atoms with E-state index >= 15 is 0 Å². The highest BCUT2D eigenvalue weighted by molar-refractivity contribution is 5.77. The predicted molar refractivity (Wildman–Crippen MR) is 49.2 cm³/mol. The van der Waals surface area contributed by atoms with Gasteiger partial charge in [0.15, 0.2) is 0 Å². The van der Waals surface area contributed by atoms with Crippen molar-refractivity contribution in [2.75, 3.05) is 7.11 Å². The molecule has 1 aromatic rings. The second kappa shape index (κ2) is 3.61. The lowest BCUT2D eigenvalue weighted by atomic mass is 10.1. The van der Waals surface area contributed by atoms with Gasteiger partial charge in [-0.05, 0) is 30.0 Å². The molecular weight excluding hydrogens is 202 g/mol. The fourth-order valence-electron chi connectivity index (χ4n) is 1.76. The number of carbonyl (C=O) groups excluding carboxylic acids is 1. The molecule has 80 valence electrons. The van der Waals surface area contributed by atoms with Gasteiger partial charge in [0.2, 0.25) is 0 Å². The number of ether oxygens (including phenoxy) is 1. The molecule has 15 heavy (non-hydrogen) atoms. The molecule has 0 N–H and O–H groups in total. The van der Waals surface area contributed by atoms with Crippen molar-refractivity contribution in [2.45, 2.75) is 12.3 Å². The molecule has 2 rings (SSSR count). The zero-order chi connectivity index (χ0) is 11.0. The van der Waals surface area contributed by atoms with Crippen molar-refractivity contribution in [2.24, 2.45) is 5.92 Å². The van der Waals surface area contributed by atoms with E-state index in [0.717, 1.165) is 6.07 Å². The van der Waals surface area contributed by atoms with Crippen molar-refractivity contribution >= 4 is 5.97 Å². The summed E-state index contributed by atoms with van der Waals surface area (Å²) in [6, 6.07) is 3.34. The van der Waals surface area contributed by atoms with Crippen molar-refractivity contribution < 1.29 is 18.3 Å². The summed E-state index contributed by atoms with van der Waals surface area (Å²) in [6.45, 7) is 0. The Kier molecular flexibility index (Phi) is 2.42. The molecule has 0 bridgehead atoms. The minimum atomic E-state index is -0.611. The van der Waals surface area contributed by atoms with E-state index < -0.39 is 11.6 Å². The lowest BCUT2D eigenvalue weighted by Gasteiger charge is -2.00. The molecule has 0 aliphatic heterocycles. The summed E-state index contributed by atoms with van der Waals surface area (Å²) in [7, 11) is 1.31. The van der Waals surface area contributed by atoms with Gasteiger partial charge in [0.25, 0.3) is 0 Å². The Morgan fingerprint density at radius 3 is 2.47 bits per heavy atom.